The maximum atomic E-state index is 13.9. The van der Waals surface area contributed by atoms with Gasteiger partial charge in [-0.3, -0.25) is 9.59 Å². The van der Waals surface area contributed by atoms with Crippen molar-refractivity contribution in [1.82, 2.24) is 15.1 Å². The van der Waals surface area contributed by atoms with Crippen molar-refractivity contribution in [3.8, 4) is 0 Å². The molecule has 1 saturated heterocycles. The van der Waals surface area contributed by atoms with Gasteiger partial charge in [-0.25, -0.2) is 0 Å². The standard InChI is InChI=1S/C31H44Cl4N6O2/c1-19(2)12-25-18-40(30(42)28(37)13-20-5-7-22(32)15-26(20)34)24(4-3-10-39-11-9-36)17-41(25)31(43)29(38)14-21-6-8-23(33)16-27(21)35/h5-8,15-16,19,24-25,28-29,39H,3-4,9-14,17-18,36-38H2,1-2H3/t24-,25+,28+,29+/m0/s1. The van der Waals surface area contributed by atoms with Crippen molar-refractivity contribution in [3.63, 3.8) is 0 Å². The second kappa shape index (κ2) is 17.2. The van der Waals surface area contributed by atoms with E-state index in [-0.39, 0.29) is 42.7 Å². The lowest BCUT2D eigenvalue weighted by Gasteiger charge is -2.48. The first kappa shape index (κ1) is 35.9. The van der Waals surface area contributed by atoms with E-state index in [2.05, 4.69) is 19.2 Å². The van der Waals surface area contributed by atoms with Crippen molar-refractivity contribution < 1.29 is 9.59 Å². The van der Waals surface area contributed by atoms with Crippen molar-refractivity contribution in [2.75, 3.05) is 32.7 Å². The first-order valence-corrected chi connectivity index (χ1v) is 16.3. The van der Waals surface area contributed by atoms with Gasteiger partial charge in [0, 0.05) is 58.4 Å². The Morgan fingerprint density at radius 3 is 1.79 bits per heavy atom. The fourth-order valence-corrected chi connectivity index (χ4v) is 6.59. The average Bonchev–Trinajstić information content (AvgIpc) is 2.95. The molecule has 238 valence electrons. The van der Waals surface area contributed by atoms with Crippen LogP contribution in [0.25, 0.3) is 0 Å². The van der Waals surface area contributed by atoms with Gasteiger partial charge in [0.25, 0.3) is 0 Å². The second-order valence-corrected chi connectivity index (χ2v) is 13.4. The number of amides is 2. The van der Waals surface area contributed by atoms with Gasteiger partial charge in [0.05, 0.1) is 12.1 Å². The number of nitrogens with one attached hydrogen (secondary N) is 1. The van der Waals surface area contributed by atoms with Crippen LogP contribution < -0.4 is 22.5 Å². The van der Waals surface area contributed by atoms with Crippen molar-refractivity contribution in [2.45, 2.75) is 70.1 Å². The molecule has 0 radical (unpaired) electrons. The van der Waals surface area contributed by atoms with Crippen LogP contribution in [0.4, 0.5) is 0 Å². The Morgan fingerprint density at radius 1 is 0.837 bits per heavy atom. The van der Waals surface area contributed by atoms with Gasteiger partial charge >= 0.3 is 0 Å². The summed E-state index contributed by atoms with van der Waals surface area (Å²) in [4.78, 5) is 31.6. The molecule has 0 unspecified atom stereocenters. The van der Waals surface area contributed by atoms with Gasteiger partial charge in [-0.2, -0.15) is 0 Å². The lowest BCUT2D eigenvalue weighted by Crippen LogP contribution is -2.65. The molecule has 12 heteroatoms. The van der Waals surface area contributed by atoms with E-state index < -0.39 is 12.1 Å². The number of nitrogens with zero attached hydrogens (tertiary/aromatic N) is 2. The van der Waals surface area contributed by atoms with Crippen LogP contribution in [0.5, 0.6) is 0 Å². The maximum Gasteiger partial charge on any atom is 0.240 e. The number of nitrogens with two attached hydrogens (primary N) is 3. The van der Waals surface area contributed by atoms with E-state index in [0.29, 0.717) is 59.1 Å². The van der Waals surface area contributed by atoms with Crippen molar-refractivity contribution in [1.29, 1.82) is 0 Å². The average molecular weight is 675 g/mol. The Labute approximate surface area is 275 Å². The lowest BCUT2D eigenvalue weighted by atomic mass is 9.93. The molecule has 7 N–H and O–H groups in total. The zero-order chi connectivity index (χ0) is 31.7. The minimum Gasteiger partial charge on any atom is -0.335 e. The predicted octanol–water partition coefficient (Wildman–Crippen LogP) is 4.52. The number of halogens is 4. The predicted molar refractivity (Wildman–Crippen MR) is 178 cm³/mol. The molecule has 4 atom stereocenters. The van der Waals surface area contributed by atoms with E-state index in [9.17, 15) is 9.59 Å². The SMILES string of the molecule is CC(C)C[C@@H]1CN(C(=O)[C@H](N)Cc2ccc(Cl)cc2Cl)[C@@H](CCCNCCN)CN1C(=O)[C@H](N)Cc1ccc(Cl)cc1Cl. The topological polar surface area (TPSA) is 131 Å². The molecule has 0 saturated carbocycles. The first-order chi connectivity index (χ1) is 20.4. The molecular weight excluding hydrogens is 630 g/mol. The molecule has 2 aromatic rings. The van der Waals surface area contributed by atoms with Gasteiger partial charge < -0.3 is 32.3 Å². The van der Waals surface area contributed by atoms with Gasteiger partial charge in [-0.15, -0.1) is 0 Å². The third-order valence-electron chi connectivity index (χ3n) is 7.76. The van der Waals surface area contributed by atoms with Gasteiger partial charge in [0.2, 0.25) is 11.8 Å². The molecule has 43 heavy (non-hydrogen) atoms. The summed E-state index contributed by atoms with van der Waals surface area (Å²) in [6, 6.07) is 8.34. The molecule has 0 spiro atoms. The first-order valence-electron chi connectivity index (χ1n) is 14.8. The Hall–Kier alpha value is -1.62. The molecule has 0 aliphatic carbocycles. The fraction of sp³-hybridized carbons (Fsp3) is 0.548. The highest BCUT2D eigenvalue weighted by molar-refractivity contribution is 6.35. The smallest absolute Gasteiger partial charge is 0.240 e. The van der Waals surface area contributed by atoms with E-state index in [0.717, 1.165) is 24.1 Å². The molecule has 2 aromatic carbocycles. The van der Waals surface area contributed by atoms with Gasteiger partial charge in [-0.05, 0) is 80.0 Å². The molecule has 2 amide bonds. The Kier molecular flexibility index (Phi) is 14.3. The van der Waals surface area contributed by atoms with Crippen LogP contribution in [-0.4, -0.2) is 78.5 Å². The Morgan fingerprint density at radius 2 is 1.33 bits per heavy atom. The highest BCUT2D eigenvalue weighted by Crippen LogP contribution is 2.28. The van der Waals surface area contributed by atoms with Crippen LogP contribution in [0.2, 0.25) is 20.1 Å². The van der Waals surface area contributed by atoms with Crippen molar-refractivity contribution >= 4 is 58.2 Å². The number of hydrogen-bond donors (Lipinski definition) is 4. The van der Waals surface area contributed by atoms with E-state index >= 15 is 0 Å². The number of hydrogen-bond acceptors (Lipinski definition) is 6. The van der Waals surface area contributed by atoms with E-state index in [1.807, 2.05) is 9.80 Å². The Balaban J connectivity index is 1.83. The highest BCUT2D eigenvalue weighted by atomic mass is 35.5. The summed E-state index contributed by atoms with van der Waals surface area (Å²) in [5.41, 5.74) is 20.2. The summed E-state index contributed by atoms with van der Waals surface area (Å²) in [6.07, 6.45) is 2.76. The molecule has 8 nitrogen and oxygen atoms in total. The molecular formula is C31H44Cl4N6O2. The molecule has 0 aromatic heterocycles. The number of benzene rings is 2. The van der Waals surface area contributed by atoms with E-state index in [1.165, 1.54) is 0 Å². The fourth-order valence-electron chi connectivity index (χ4n) is 5.62. The monoisotopic (exact) mass is 672 g/mol. The van der Waals surface area contributed by atoms with Crippen molar-refractivity contribution in [3.05, 3.63) is 67.6 Å². The minimum absolute atomic E-state index is 0.160. The van der Waals surface area contributed by atoms with Crippen LogP contribution >= 0.6 is 46.4 Å². The zero-order valence-electron chi connectivity index (χ0n) is 24.9. The number of piperazine rings is 1. The summed E-state index contributed by atoms with van der Waals surface area (Å²) < 4.78 is 0. The van der Waals surface area contributed by atoms with Crippen LogP contribution in [0, 0.1) is 5.92 Å². The minimum atomic E-state index is -0.798. The van der Waals surface area contributed by atoms with Crippen molar-refractivity contribution in [2.24, 2.45) is 23.1 Å². The quantitative estimate of drug-likeness (QED) is 0.218. The van der Waals surface area contributed by atoms with Crippen LogP contribution in [0.3, 0.4) is 0 Å². The summed E-state index contributed by atoms with van der Waals surface area (Å²) in [6.45, 7) is 6.96. The molecule has 1 fully saturated rings. The highest BCUT2D eigenvalue weighted by Gasteiger charge is 2.41. The lowest BCUT2D eigenvalue weighted by molar-refractivity contribution is -0.149. The van der Waals surface area contributed by atoms with Gasteiger partial charge in [0.15, 0.2) is 0 Å². The summed E-state index contributed by atoms with van der Waals surface area (Å²) in [5, 5.41) is 5.29. The molecule has 1 aliphatic heterocycles. The third kappa shape index (κ3) is 10.5. The number of carbonyl (C=O) groups is 2. The Bertz CT molecular complexity index is 1230. The molecule has 3 rings (SSSR count). The maximum absolute atomic E-state index is 13.9. The second-order valence-electron chi connectivity index (χ2n) is 11.7. The van der Waals surface area contributed by atoms with E-state index in [4.69, 9.17) is 63.6 Å². The normalized spacial score (nSPS) is 18.7. The van der Waals surface area contributed by atoms with Crippen LogP contribution in [-0.2, 0) is 22.4 Å². The molecule has 1 heterocycles. The molecule has 1 aliphatic rings. The summed E-state index contributed by atoms with van der Waals surface area (Å²) in [5.74, 6) is -0.0333. The zero-order valence-corrected chi connectivity index (χ0v) is 27.9. The largest absolute Gasteiger partial charge is 0.335 e. The summed E-state index contributed by atoms with van der Waals surface area (Å²) in [7, 11) is 0. The molecule has 0 bridgehead atoms. The van der Waals surface area contributed by atoms with E-state index in [1.54, 1.807) is 36.4 Å². The van der Waals surface area contributed by atoms with Gasteiger partial charge in [-0.1, -0.05) is 72.4 Å². The van der Waals surface area contributed by atoms with Gasteiger partial charge in [0.1, 0.15) is 0 Å². The summed E-state index contributed by atoms with van der Waals surface area (Å²) >= 11 is 24.9. The third-order valence-corrected chi connectivity index (χ3v) is 8.94. The number of carbonyl (C=O) groups excluding carboxylic acids is 2. The van der Waals surface area contributed by atoms with Crippen LogP contribution in [0.15, 0.2) is 36.4 Å². The number of rotatable bonds is 14. The van der Waals surface area contributed by atoms with Crippen LogP contribution in [0.1, 0.15) is 44.2 Å².